The molecule has 0 unspecified atom stereocenters. The molecule has 0 spiro atoms. The second kappa shape index (κ2) is 5.80. The molecule has 2 aromatic rings. The van der Waals surface area contributed by atoms with Gasteiger partial charge in [0.15, 0.2) is 10.8 Å². The van der Waals surface area contributed by atoms with Crippen LogP contribution < -0.4 is 5.32 Å². The SMILES string of the molecule is CS(=O)(=O)n1nc(Cl)c(C(=O)Nc2ccc(Cl)cc2Cl)n1. The summed E-state index contributed by atoms with van der Waals surface area (Å²) in [6.45, 7) is 0. The zero-order valence-corrected chi connectivity index (χ0v) is 13.4. The first-order valence-electron chi connectivity index (χ1n) is 5.28. The molecule has 0 aliphatic carbocycles. The molecule has 0 aliphatic rings. The second-order valence-corrected chi connectivity index (χ2v) is 6.90. The van der Waals surface area contributed by atoms with Crippen LogP contribution in [0.15, 0.2) is 18.2 Å². The van der Waals surface area contributed by atoms with E-state index in [0.717, 1.165) is 6.26 Å². The lowest BCUT2D eigenvalue weighted by atomic mass is 10.3. The number of nitrogens with zero attached hydrogens (tertiary/aromatic N) is 3. The van der Waals surface area contributed by atoms with Crippen LogP contribution >= 0.6 is 34.8 Å². The maximum Gasteiger partial charge on any atom is 0.279 e. The largest absolute Gasteiger partial charge is 0.319 e. The highest BCUT2D eigenvalue weighted by Crippen LogP contribution is 2.26. The average Bonchev–Trinajstić information content (AvgIpc) is 2.75. The zero-order chi connectivity index (χ0) is 15.8. The van der Waals surface area contributed by atoms with Crippen LogP contribution in [0.2, 0.25) is 15.2 Å². The van der Waals surface area contributed by atoms with E-state index in [1.807, 2.05) is 0 Å². The predicted molar refractivity (Wildman–Crippen MR) is 79.7 cm³/mol. The Hall–Kier alpha value is -1.35. The van der Waals surface area contributed by atoms with Crippen molar-refractivity contribution in [3.63, 3.8) is 0 Å². The molecule has 0 saturated heterocycles. The van der Waals surface area contributed by atoms with Crippen LogP contribution in [-0.4, -0.2) is 35.0 Å². The van der Waals surface area contributed by atoms with Crippen molar-refractivity contribution in [1.29, 1.82) is 0 Å². The van der Waals surface area contributed by atoms with Gasteiger partial charge in [-0.25, -0.2) is 8.42 Å². The van der Waals surface area contributed by atoms with E-state index in [4.69, 9.17) is 34.8 Å². The van der Waals surface area contributed by atoms with Gasteiger partial charge in [-0.05, 0) is 18.2 Å². The van der Waals surface area contributed by atoms with Crippen LogP contribution in [0.4, 0.5) is 5.69 Å². The summed E-state index contributed by atoms with van der Waals surface area (Å²) in [6, 6.07) is 4.45. The second-order valence-electron chi connectivity index (χ2n) is 3.90. The fourth-order valence-electron chi connectivity index (χ4n) is 1.33. The van der Waals surface area contributed by atoms with E-state index in [2.05, 4.69) is 15.5 Å². The average molecular weight is 370 g/mol. The van der Waals surface area contributed by atoms with Crippen molar-refractivity contribution in [3.05, 3.63) is 39.1 Å². The number of amides is 1. The van der Waals surface area contributed by atoms with Crippen molar-refractivity contribution in [2.24, 2.45) is 0 Å². The highest BCUT2D eigenvalue weighted by Gasteiger charge is 2.21. The van der Waals surface area contributed by atoms with Crippen molar-refractivity contribution in [2.75, 3.05) is 11.6 Å². The molecule has 7 nitrogen and oxygen atoms in total. The molecular formula is C10H7Cl3N4O3S. The molecule has 21 heavy (non-hydrogen) atoms. The molecule has 2 rings (SSSR count). The molecule has 0 atom stereocenters. The third-order valence-electron chi connectivity index (χ3n) is 2.25. The minimum atomic E-state index is -3.74. The van der Waals surface area contributed by atoms with Crippen LogP contribution in [0.3, 0.4) is 0 Å². The summed E-state index contributed by atoms with van der Waals surface area (Å²) in [5.41, 5.74) is -0.0656. The van der Waals surface area contributed by atoms with Crippen LogP contribution in [0.5, 0.6) is 0 Å². The number of hydrogen-bond donors (Lipinski definition) is 1. The molecule has 1 N–H and O–H groups in total. The summed E-state index contributed by atoms with van der Waals surface area (Å²) >= 11 is 17.4. The highest BCUT2D eigenvalue weighted by molar-refractivity contribution is 7.88. The van der Waals surface area contributed by atoms with Gasteiger partial charge in [0, 0.05) is 5.02 Å². The first-order valence-corrected chi connectivity index (χ1v) is 8.26. The van der Waals surface area contributed by atoms with Gasteiger partial charge in [0.05, 0.1) is 17.0 Å². The number of rotatable bonds is 3. The van der Waals surface area contributed by atoms with Gasteiger partial charge in [0.1, 0.15) is 0 Å². The standard InChI is InChI=1S/C10H7Cl3N4O3S/c1-21(19,20)17-15-8(9(13)16-17)10(18)14-7-3-2-5(11)4-6(7)12/h2-4H,1H3,(H,14,18). The molecule has 1 aromatic heterocycles. The molecular weight excluding hydrogens is 363 g/mol. The number of nitrogens with one attached hydrogen (secondary N) is 1. The van der Waals surface area contributed by atoms with Crippen LogP contribution in [0, 0.1) is 0 Å². The molecule has 112 valence electrons. The Morgan fingerprint density at radius 2 is 1.90 bits per heavy atom. The summed E-state index contributed by atoms with van der Waals surface area (Å²) in [5.74, 6) is -0.751. The fourth-order valence-corrected chi connectivity index (χ4v) is 2.49. The Kier molecular flexibility index (Phi) is 4.43. The maximum atomic E-state index is 12.0. The molecule has 0 bridgehead atoms. The minimum Gasteiger partial charge on any atom is -0.319 e. The Balaban J connectivity index is 2.31. The molecule has 0 saturated carbocycles. The van der Waals surface area contributed by atoms with Crippen molar-refractivity contribution in [2.45, 2.75) is 0 Å². The van der Waals surface area contributed by atoms with Gasteiger partial charge in [-0.2, -0.15) is 0 Å². The molecule has 0 fully saturated rings. The number of aromatic nitrogens is 3. The Labute approximate surface area is 134 Å². The van der Waals surface area contributed by atoms with E-state index >= 15 is 0 Å². The fraction of sp³-hybridized carbons (Fsp3) is 0.100. The lowest BCUT2D eigenvalue weighted by Crippen LogP contribution is -2.16. The Morgan fingerprint density at radius 1 is 1.24 bits per heavy atom. The van der Waals surface area contributed by atoms with Gasteiger partial charge in [-0.1, -0.05) is 39.0 Å². The van der Waals surface area contributed by atoms with Crippen molar-refractivity contribution < 1.29 is 13.2 Å². The van der Waals surface area contributed by atoms with Gasteiger partial charge in [0.25, 0.3) is 15.9 Å². The number of anilines is 1. The van der Waals surface area contributed by atoms with Gasteiger partial charge in [0.2, 0.25) is 0 Å². The number of carbonyl (C=O) groups is 1. The lowest BCUT2D eigenvalue weighted by molar-refractivity contribution is 0.102. The smallest absolute Gasteiger partial charge is 0.279 e. The van der Waals surface area contributed by atoms with Crippen LogP contribution in [0.25, 0.3) is 0 Å². The number of halogens is 3. The van der Waals surface area contributed by atoms with Crippen LogP contribution in [-0.2, 0) is 10.0 Å². The Morgan fingerprint density at radius 3 is 2.43 bits per heavy atom. The molecule has 1 heterocycles. The Bertz CT molecular complexity index is 819. The van der Waals surface area contributed by atoms with Crippen molar-refractivity contribution in [3.8, 4) is 0 Å². The lowest BCUT2D eigenvalue weighted by Gasteiger charge is -2.05. The van der Waals surface area contributed by atoms with E-state index in [1.165, 1.54) is 18.2 Å². The van der Waals surface area contributed by atoms with Gasteiger partial charge in [-0.3, -0.25) is 4.79 Å². The third kappa shape index (κ3) is 3.65. The molecule has 11 heteroatoms. The van der Waals surface area contributed by atoms with Crippen molar-refractivity contribution in [1.82, 2.24) is 14.4 Å². The first kappa shape index (κ1) is 16.0. The summed E-state index contributed by atoms with van der Waals surface area (Å²) < 4.78 is 22.9. The highest BCUT2D eigenvalue weighted by atomic mass is 35.5. The molecule has 1 aromatic carbocycles. The monoisotopic (exact) mass is 368 g/mol. The van der Waals surface area contributed by atoms with Crippen LogP contribution in [0.1, 0.15) is 10.5 Å². The summed E-state index contributed by atoms with van der Waals surface area (Å²) in [4.78, 5) is 12.0. The quantitative estimate of drug-likeness (QED) is 0.896. The van der Waals surface area contributed by atoms with E-state index < -0.39 is 15.9 Å². The third-order valence-corrected chi connectivity index (χ3v) is 3.80. The topological polar surface area (TPSA) is 94.0 Å². The number of hydrogen-bond acceptors (Lipinski definition) is 5. The van der Waals surface area contributed by atoms with E-state index in [1.54, 1.807) is 0 Å². The maximum absolute atomic E-state index is 12.0. The predicted octanol–water partition coefficient (Wildman–Crippen LogP) is 2.30. The number of benzene rings is 1. The summed E-state index contributed by atoms with van der Waals surface area (Å²) in [5, 5.41) is 9.68. The van der Waals surface area contributed by atoms with Gasteiger partial charge >= 0.3 is 0 Å². The normalized spacial score (nSPS) is 11.4. The van der Waals surface area contributed by atoms with E-state index in [0.29, 0.717) is 9.22 Å². The number of carbonyl (C=O) groups excluding carboxylic acids is 1. The minimum absolute atomic E-state index is 0.211. The van der Waals surface area contributed by atoms with E-state index in [9.17, 15) is 13.2 Å². The van der Waals surface area contributed by atoms with Gasteiger partial charge in [-0.15, -0.1) is 10.2 Å². The molecule has 0 aliphatic heterocycles. The molecule has 0 radical (unpaired) electrons. The summed E-state index contributed by atoms with van der Waals surface area (Å²) in [7, 11) is -3.74. The first-order chi connectivity index (χ1) is 9.68. The molecule has 1 amide bonds. The van der Waals surface area contributed by atoms with E-state index in [-0.39, 0.29) is 21.6 Å². The van der Waals surface area contributed by atoms with Crippen molar-refractivity contribution >= 4 is 56.4 Å². The van der Waals surface area contributed by atoms with Gasteiger partial charge < -0.3 is 5.32 Å². The zero-order valence-electron chi connectivity index (χ0n) is 10.3. The summed E-state index contributed by atoms with van der Waals surface area (Å²) in [6.07, 6.45) is 0.876.